The number of benzene rings is 2. The average molecular weight is 403 g/mol. The van der Waals surface area contributed by atoms with E-state index >= 15 is 0 Å². The van der Waals surface area contributed by atoms with Crippen molar-refractivity contribution in [2.24, 2.45) is 5.92 Å². The fourth-order valence-electron chi connectivity index (χ4n) is 3.52. The van der Waals surface area contributed by atoms with Crippen molar-refractivity contribution >= 4 is 22.6 Å². The molecule has 0 aliphatic rings. The quantitative estimate of drug-likeness (QED) is 0.502. The number of carbonyl (C=O) groups excluding carboxylic acids is 1. The molecule has 1 N–H and O–H groups in total. The Bertz CT molecular complexity index is 1160. The van der Waals surface area contributed by atoms with Crippen LogP contribution in [0.5, 0.6) is 5.75 Å². The lowest BCUT2D eigenvalue weighted by atomic mass is 10.1. The first-order chi connectivity index (χ1) is 14.5. The van der Waals surface area contributed by atoms with E-state index in [-0.39, 0.29) is 5.91 Å². The van der Waals surface area contributed by atoms with Crippen molar-refractivity contribution in [2.45, 2.75) is 26.9 Å². The van der Waals surface area contributed by atoms with E-state index in [9.17, 15) is 4.79 Å². The van der Waals surface area contributed by atoms with Crippen LogP contribution in [0.1, 0.15) is 30.0 Å². The summed E-state index contributed by atoms with van der Waals surface area (Å²) in [4.78, 5) is 21.7. The van der Waals surface area contributed by atoms with Gasteiger partial charge in [-0.15, -0.1) is 0 Å². The number of aromatic nitrogens is 4. The Morgan fingerprint density at radius 3 is 2.77 bits per heavy atom. The van der Waals surface area contributed by atoms with Crippen molar-refractivity contribution in [1.82, 2.24) is 19.1 Å². The third kappa shape index (κ3) is 4.05. The Morgan fingerprint density at radius 2 is 2.03 bits per heavy atom. The topological polar surface area (TPSA) is 74.0 Å². The van der Waals surface area contributed by atoms with Crippen molar-refractivity contribution in [2.75, 3.05) is 12.4 Å². The van der Waals surface area contributed by atoms with Crippen molar-refractivity contribution in [3.05, 3.63) is 72.6 Å². The third-order valence-corrected chi connectivity index (χ3v) is 4.87. The lowest BCUT2D eigenvalue weighted by molar-refractivity contribution is 0.102. The van der Waals surface area contributed by atoms with Crippen LogP contribution in [0.25, 0.3) is 11.0 Å². The number of nitrogens with one attached hydrogen (secondary N) is 1. The maximum absolute atomic E-state index is 12.7. The van der Waals surface area contributed by atoms with Gasteiger partial charge >= 0.3 is 0 Å². The van der Waals surface area contributed by atoms with Crippen LogP contribution in [0.4, 0.5) is 5.69 Å². The first-order valence-corrected chi connectivity index (χ1v) is 9.94. The van der Waals surface area contributed by atoms with Crippen LogP contribution in [0.3, 0.4) is 0 Å². The Hall–Kier alpha value is -3.61. The molecule has 0 aliphatic carbocycles. The summed E-state index contributed by atoms with van der Waals surface area (Å²) < 4.78 is 9.54. The van der Waals surface area contributed by atoms with Crippen LogP contribution in [-0.4, -0.2) is 32.1 Å². The molecule has 30 heavy (non-hydrogen) atoms. The molecule has 0 atom stereocenters. The van der Waals surface area contributed by atoms with Crippen LogP contribution in [0.2, 0.25) is 0 Å². The number of methoxy groups -OCH3 is 1. The summed E-state index contributed by atoms with van der Waals surface area (Å²) in [6, 6.07) is 13.0. The molecular weight excluding hydrogens is 378 g/mol. The number of para-hydroxylation sites is 1. The molecule has 0 saturated carbocycles. The highest BCUT2D eigenvalue weighted by Crippen LogP contribution is 2.24. The molecule has 7 heteroatoms. The number of amides is 1. The first kappa shape index (κ1) is 19.7. The molecule has 0 unspecified atom stereocenters. The monoisotopic (exact) mass is 403 g/mol. The van der Waals surface area contributed by atoms with E-state index in [0.717, 1.165) is 23.4 Å². The van der Waals surface area contributed by atoms with E-state index in [1.165, 1.54) is 0 Å². The highest BCUT2D eigenvalue weighted by Gasteiger charge is 2.15. The number of ether oxygens (including phenoxy) is 1. The van der Waals surface area contributed by atoms with Gasteiger partial charge in [-0.25, -0.2) is 9.97 Å². The lowest BCUT2D eigenvalue weighted by Gasteiger charge is -2.12. The van der Waals surface area contributed by atoms with Gasteiger partial charge in [-0.1, -0.05) is 26.0 Å². The minimum atomic E-state index is -0.216. The summed E-state index contributed by atoms with van der Waals surface area (Å²) in [6.07, 6.45) is 5.48. The molecule has 154 valence electrons. The van der Waals surface area contributed by atoms with Crippen molar-refractivity contribution < 1.29 is 9.53 Å². The third-order valence-electron chi connectivity index (χ3n) is 4.87. The normalized spacial score (nSPS) is 11.2. The second-order valence-corrected chi connectivity index (χ2v) is 7.63. The second-order valence-electron chi connectivity index (χ2n) is 7.63. The van der Waals surface area contributed by atoms with E-state index < -0.39 is 0 Å². The van der Waals surface area contributed by atoms with Crippen molar-refractivity contribution in [3.63, 3.8) is 0 Å². The molecule has 1 amide bonds. The zero-order chi connectivity index (χ0) is 21.1. The number of hydrogen-bond donors (Lipinski definition) is 1. The standard InChI is InChI=1S/C23H25N5O2/c1-16(2)13-28-20-9-8-17(25-23(29)18-6-4-5-7-21(18)30-3)12-19(20)26-22(28)14-27-11-10-24-15-27/h4-12,15-16H,13-14H2,1-3H3,(H,25,29). The van der Waals surface area contributed by atoms with Gasteiger partial charge in [-0.3, -0.25) is 4.79 Å². The van der Waals surface area contributed by atoms with Gasteiger partial charge in [0, 0.05) is 24.6 Å². The fraction of sp³-hybridized carbons (Fsp3) is 0.261. The number of imidazole rings is 2. The molecule has 0 spiro atoms. The molecule has 0 saturated heterocycles. The van der Waals surface area contributed by atoms with Gasteiger partial charge in [-0.05, 0) is 36.2 Å². The first-order valence-electron chi connectivity index (χ1n) is 9.94. The van der Waals surface area contributed by atoms with Gasteiger partial charge in [-0.2, -0.15) is 0 Å². The van der Waals surface area contributed by atoms with Gasteiger partial charge in [0.1, 0.15) is 11.6 Å². The molecular formula is C23H25N5O2. The van der Waals surface area contributed by atoms with E-state index in [4.69, 9.17) is 9.72 Å². The van der Waals surface area contributed by atoms with Crippen LogP contribution in [0, 0.1) is 5.92 Å². The van der Waals surface area contributed by atoms with E-state index in [2.05, 4.69) is 28.7 Å². The Morgan fingerprint density at radius 1 is 1.20 bits per heavy atom. The smallest absolute Gasteiger partial charge is 0.259 e. The molecule has 4 rings (SSSR count). The molecule has 2 aromatic carbocycles. The van der Waals surface area contributed by atoms with Crippen LogP contribution >= 0.6 is 0 Å². The minimum absolute atomic E-state index is 0.216. The molecule has 0 aliphatic heterocycles. The second kappa shape index (κ2) is 8.41. The summed E-state index contributed by atoms with van der Waals surface area (Å²) in [5, 5.41) is 2.96. The maximum Gasteiger partial charge on any atom is 0.259 e. The van der Waals surface area contributed by atoms with Gasteiger partial charge in [0.2, 0.25) is 0 Å². The minimum Gasteiger partial charge on any atom is -0.496 e. The van der Waals surface area contributed by atoms with Crippen LogP contribution < -0.4 is 10.1 Å². The van der Waals surface area contributed by atoms with Gasteiger partial charge < -0.3 is 19.2 Å². The highest BCUT2D eigenvalue weighted by atomic mass is 16.5. The van der Waals surface area contributed by atoms with Crippen molar-refractivity contribution in [3.8, 4) is 5.75 Å². The molecule has 0 fully saturated rings. The SMILES string of the molecule is COc1ccccc1C(=O)Nc1ccc2c(c1)nc(Cn1ccnc1)n2CC(C)C. The summed E-state index contributed by atoms with van der Waals surface area (Å²) in [5.41, 5.74) is 3.09. The molecule has 2 aromatic heterocycles. The van der Waals surface area contributed by atoms with Gasteiger partial charge in [0.15, 0.2) is 0 Å². The number of fused-ring (bicyclic) bond motifs is 1. The summed E-state index contributed by atoms with van der Waals surface area (Å²) >= 11 is 0. The van der Waals surface area contributed by atoms with Gasteiger partial charge in [0.05, 0.1) is 36.6 Å². The number of nitrogens with zero attached hydrogens (tertiary/aromatic N) is 4. The zero-order valence-corrected chi connectivity index (χ0v) is 17.4. The summed E-state index contributed by atoms with van der Waals surface area (Å²) in [6.45, 7) is 5.89. The highest BCUT2D eigenvalue weighted by molar-refractivity contribution is 6.06. The molecule has 4 aromatic rings. The number of rotatable bonds is 7. The summed E-state index contributed by atoms with van der Waals surface area (Å²) in [5.74, 6) is 1.77. The van der Waals surface area contributed by atoms with E-state index in [1.807, 2.05) is 41.1 Å². The Balaban J connectivity index is 1.65. The molecule has 0 radical (unpaired) electrons. The van der Waals surface area contributed by atoms with E-state index in [0.29, 0.717) is 29.5 Å². The Kier molecular flexibility index (Phi) is 5.52. The lowest BCUT2D eigenvalue weighted by Crippen LogP contribution is -2.13. The number of anilines is 1. The maximum atomic E-state index is 12.7. The predicted molar refractivity (Wildman–Crippen MR) is 117 cm³/mol. The van der Waals surface area contributed by atoms with E-state index in [1.54, 1.807) is 31.8 Å². The number of hydrogen-bond acceptors (Lipinski definition) is 4. The van der Waals surface area contributed by atoms with Crippen LogP contribution in [-0.2, 0) is 13.1 Å². The van der Waals surface area contributed by atoms with Crippen LogP contribution in [0.15, 0.2) is 61.2 Å². The summed E-state index contributed by atoms with van der Waals surface area (Å²) in [7, 11) is 1.56. The van der Waals surface area contributed by atoms with Crippen molar-refractivity contribution in [1.29, 1.82) is 0 Å². The zero-order valence-electron chi connectivity index (χ0n) is 17.4. The fourth-order valence-corrected chi connectivity index (χ4v) is 3.52. The Labute approximate surface area is 175 Å². The molecule has 2 heterocycles. The predicted octanol–water partition coefficient (Wildman–Crippen LogP) is 4.20. The average Bonchev–Trinajstić information content (AvgIpc) is 3.36. The van der Waals surface area contributed by atoms with Gasteiger partial charge in [0.25, 0.3) is 5.91 Å². The molecule has 7 nitrogen and oxygen atoms in total. The molecule has 0 bridgehead atoms. The number of carbonyl (C=O) groups is 1. The largest absolute Gasteiger partial charge is 0.496 e.